The smallest absolute Gasteiger partial charge is 0.143 e. The third-order valence-electron chi connectivity index (χ3n) is 14.5. The normalized spacial score (nSPS) is 12.0. The quantitative estimate of drug-likeness (QED) is 0.177. The van der Waals surface area contributed by atoms with Gasteiger partial charge in [0.05, 0.1) is 22.7 Å². The number of nitriles is 1. The SMILES string of the molecule is N#Cc1ccc2c(c1)c1cc(-c3cc(-c4cc5ccccc5c5c4oc4ccc6ccccc6c45)cc(-c4cc5ccccc5c5c4oc4ccc6ccccc6c45)c3)ccc1n2-c1ccccc1. The average molecular weight is 877 g/mol. The summed E-state index contributed by atoms with van der Waals surface area (Å²) >= 11 is 0. The number of aromatic nitrogens is 1. The van der Waals surface area contributed by atoms with E-state index in [0.29, 0.717) is 5.56 Å². The fraction of sp³-hybridized carbons (Fsp3) is 0. The monoisotopic (exact) mass is 876 g/mol. The van der Waals surface area contributed by atoms with Gasteiger partial charge in [0, 0.05) is 49.1 Å². The van der Waals surface area contributed by atoms with E-state index >= 15 is 0 Å². The molecule has 4 nitrogen and oxygen atoms in total. The number of fused-ring (bicyclic) bond motifs is 17. The summed E-state index contributed by atoms with van der Waals surface area (Å²) in [7, 11) is 0. The molecule has 0 aliphatic heterocycles. The van der Waals surface area contributed by atoms with Crippen molar-refractivity contribution < 1.29 is 8.83 Å². The van der Waals surface area contributed by atoms with Crippen molar-refractivity contribution >= 4 is 109 Å². The zero-order valence-corrected chi connectivity index (χ0v) is 37.0. The predicted molar refractivity (Wildman–Crippen MR) is 286 cm³/mol. The van der Waals surface area contributed by atoms with Gasteiger partial charge in [-0.1, -0.05) is 133 Å². The second kappa shape index (κ2) is 14.3. The van der Waals surface area contributed by atoms with E-state index in [0.717, 1.165) is 126 Å². The lowest BCUT2D eigenvalue weighted by atomic mass is 9.89. The fourth-order valence-electron chi connectivity index (χ4n) is 11.4. The van der Waals surface area contributed by atoms with Crippen molar-refractivity contribution in [1.82, 2.24) is 4.57 Å². The van der Waals surface area contributed by atoms with E-state index in [4.69, 9.17) is 8.83 Å². The van der Waals surface area contributed by atoms with Gasteiger partial charge in [0.25, 0.3) is 0 Å². The van der Waals surface area contributed by atoms with E-state index in [-0.39, 0.29) is 0 Å². The molecule has 0 radical (unpaired) electrons. The summed E-state index contributed by atoms with van der Waals surface area (Å²) in [6.45, 7) is 0. The molecule has 0 N–H and O–H groups in total. The van der Waals surface area contributed by atoms with Gasteiger partial charge in [0.15, 0.2) is 0 Å². The minimum absolute atomic E-state index is 0.627. The highest BCUT2D eigenvalue weighted by Crippen LogP contribution is 2.48. The van der Waals surface area contributed by atoms with E-state index in [1.807, 2.05) is 18.2 Å². The van der Waals surface area contributed by atoms with Gasteiger partial charge in [0.1, 0.15) is 22.3 Å². The topological polar surface area (TPSA) is 55.0 Å². The molecule has 0 unspecified atom stereocenters. The van der Waals surface area contributed by atoms with Crippen molar-refractivity contribution in [2.75, 3.05) is 0 Å². The molecular formula is C65H36N2O2. The second-order valence-electron chi connectivity index (χ2n) is 18.3. The van der Waals surface area contributed by atoms with Gasteiger partial charge < -0.3 is 13.4 Å². The Morgan fingerprint density at radius 1 is 0.333 bits per heavy atom. The first-order valence-electron chi connectivity index (χ1n) is 23.4. The van der Waals surface area contributed by atoms with Gasteiger partial charge in [-0.2, -0.15) is 5.26 Å². The van der Waals surface area contributed by atoms with Crippen LogP contribution in [0.2, 0.25) is 0 Å². The summed E-state index contributed by atoms with van der Waals surface area (Å²) in [5.41, 5.74) is 13.4. The number of furan rings is 2. The van der Waals surface area contributed by atoms with Crippen LogP contribution in [0.5, 0.6) is 0 Å². The lowest BCUT2D eigenvalue weighted by Crippen LogP contribution is -1.93. The first kappa shape index (κ1) is 37.8. The first-order valence-corrected chi connectivity index (χ1v) is 23.4. The summed E-state index contributed by atoms with van der Waals surface area (Å²) in [5, 5.41) is 26.0. The molecule has 0 atom stereocenters. The number of nitrogens with zero attached hydrogens (tertiary/aromatic N) is 2. The highest BCUT2D eigenvalue weighted by molar-refractivity contribution is 6.30. The lowest BCUT2D eigenvalue weighted by Gasteiger charge is -2.14. The molecule has 0 bridgehead atoms. The Labute approximate surface area is 394 Å². The van der Waals surface area contributed by atoms with Crippen LogP contribution < -0.4 is 0 Å². The van der Waals surface area contributed by atoms with Crippen molar-refractivity contribution in [3.05, 3.63) is 224 Å². The molecular weight excluding hydrogens is 841 g/mol. The maximum absolute atomic E-state index is 10.1. The summed E-state index contributed by atoms with van der Waals surface area (Å²) in [6, 6.07) is 80.3. The molecule has 0 aliphatic carbocycles. The van der Waals surface area contributed by atoms with Crippen molar-refractivity contribution in [3.8, 4) is 45.1 Å². The van der Waals surface area contributed by atoms with Crippen LogP contribution >= 0.6 is 0 Å². The van der Waals surface area contributed by atoms with E-state index < -0.39 is 0 Å². The molecule has 0 spiro atoms. The van der Waals surface area contributed by atoms with Gasteiger partial charge in [-0.05, 0) is 150 Å². The molecule has 4 heteroatoms. The van der Waals surface area contributed by atoms with Crippen LogP contribution in [-0.4, -0.2) is 4.57 Å². The highest BCUT2D eigenvalue weighted by Gasteiger charge is 2.23. The number of benzene rings is 12. The van der Waals surface area contributed by atoms with Crippen LogP contribution in [0.1, 0.15) is 5.56 Å². The van der Waals surface area contributed by atoms with Gasteiger partial charge in [-0.25, -0.2) is 0 Å². The highest BCUT2D eigenvalue weighted by atomic mass is 16.3. The average Bonchev–Trinajstić information content (AvgIpc) is 4.11. The third kappa shape index (κ3) is 5.50. The number of para-hydroxylation sites is 1. The van der Waals surface area contributed by atoms with Crippen LogP contribution in [0.4, 0.5) is 0 Å². The largest absolute Gasteiger partial charge is 0.455 e. The summed E-state index contributed by atoms with van der Waals surface area (Å²) in [6.07, 6.45) is 0. The molecule has 3 heterocycles. The summed E-state index contributed by atoms with van der Waals surface area (Å²) < 4.78 is 16.5. The van der Waals surface area contributed by atoms with Crippen molar-refractivity contribution in [1.29, 1.82) is 5.26 Å². The molecule has 3 aromatic heterocycles. The van der Waals surface area contributed by atoms with Gasteiger partial charge >= 0.3 is 0 Å². The Balaban J connectivity index is 1.07. The zero-order valence-electron chi connectivity index (χ0n) is 37.0. The van der Waals surface area contributed by atoms with E-state index in [1.165, 1.54) is 21.5 Å². The Morgan fingerprint density at radius 2 is 0.797 bits per heavy atom. The lowest BCUT2D eigenvalue weighted by molar-refractivity contribution is 0.670. The Kier molecular flexibility index (Phi) is 7.82. The van der Waals surface area contributed by atoms with Crippen molar-refractivity contribution in [2.24, 2.45) is 0 Å². The van der Waals surface area contributed by atoms with E-state index in [9.17, 15) is 5.26 Å². The molecule has 0 saturated carbocycles. The molecule has 0 amide bonds. The molecule has 12 aromatic carbocycles. The van der Waals surface area contributed by atoms with Gasteiger partial charge in [-0.15, -0.1) is 0 Å². The Bertz CT molecular complexity index is 4520. The molecule has 15 aromatic rings. The predicted octanol–water partition coefficient (Wildman–Crippen LogP) is 18.1. The van der Waals surface area contributed by atoms with E-state index in [2.05, 4.69) is 211 Å². The Morgan fingerprint density at radius 3 is 1.35 bits per heavy atom. The van der Waals surface area contributed by atoms with Crippen LogP contribution in [0, 0.1) is 11.3 Å². The van der Waals surface area contributed by atoms with Crippen LogP contribution in [0.15, 0.2) is 227 Å². The van der Waals surface area contributed by atoms with Gasteiger partial charge in [0.2, 0.25) is 0 Å². The second-order valence-corrected chi connectivity index (χ2v) is 18.3. The maximum Gasteiger partial charge on any atom is 0.143 e. The number of hydrogen-bond acceptors (Lipinski definition) is 3. The van der Waals surface area contributed by atoms with Crippen LogP contribution in [-0.2, 0) is 0 Å². The maximum atomic E-state index is 10.1. The number of rotatable bonds is 4. The standard InChI is InChI=1S/C65H36N2O2/c66-37-38-22-26-56-54(30-38)55-34-41(23-27-57(55)67(56)47-16-2-1-3-17-47)44-31-45(52-35-42-14-6-10-20-50(42)62-60-48-18-8-4-12-39(48)24-28-58(60)68-64(52)62)33-46(32-44)53-36-43-15-7-11-21-51(43)63-61-49-19-9-5-13-40(49)25-29-59(61)69-65(53)63/h1-36H. The minimum atomic E-state index is 0.627. The van der Waals surface area contributed by atoms with Crippen LogP contribution in [0.25, 0.3) is 148 Å². The fourth-order valence-corrected chi connectivity index (χ4v) is 11.4. The molecule has 0 saturated heterocycles. The number of hydrogen-bond donors (Lipinski definition) is 0. The molecule has 15 rings (SSSR count). The Hall–Kier alpha value is -9.43. The molecule has 69 heavy (non-hydrogen) atoms. The van der Waals surface area contributed by atoms with Crippen molar-refractivity contribution in [3.63, 3.8) is 0 Å². The first-order chi connectivity index (χ1) is 34.1. The third-order valence-corrected chi connectivity index (χ3v) is 14.5. The molecule has 318 valence electrons. The molecule has 0 fully saturated rings. The summed E-state index contributed by atoms with van der Waals surface area (Å²) in [4.78, 5) is 0. The molecule has 0 aliphatic rings. The summed E-state index contributed by atoms with van der Waals surface area (Å²) in [5.74, 6) is 0. The zero-order chi connectivity index (χ0) is 45.3. The van der Waals surface area contributed by atoms with Crippen molar-refractivity contribution in [2.45, 2.75) is 0 Å². The van der Waals surface area contributed by atoms with E-state index in [1.54, 1.807) is 0 Å². The van der Waals surface area contributed by atoms with Crippen LogP contribution in [0.3, 0.4) is 0 Å². The van der Waals surface area contributed by atoms with Gasteiger partial charge in [-0.3, -0.25) is 0 Å². The minimum Gasteiger partial charge on any atom is -0.455 e.